The summed E-state index contributed by atoms with van der Waals surface area (Å²) in [5, 5.41) is 6.58. The Balaban J connectivity index is 2.05. The van der Waals surface area contributed by atoms with Gasteiger partial charge in [-0.25, -0.2) is 4.39 Å². The standard InChI is InChI=1S/C13H15Cl2FN2O/c1-7(18-8-2-3-13(19)17-6-8)9-4-12(16)11(15)5-10(9)14/h4-5,7-8,18H,2-3,6H2,1H3,(H,17,19). The van der Waals surface area contributed by atoms with Crippen LogP contribution in [-0.4, -0.2) is 18.5 Å². The van der Waals surface area contributed by atoms with Crippen molar-refractivity contribution in [1.29, 1.82) is 0 Å². The summed E-state index contributed by atoms with van der Waals surface area (Å²) in [6, 6.07) is 2.82. The summed E-state index contributed by atoms with van der Waals surface area (Å²) in [6.07, 6.45) is 1.27. The molecule has 0 bridgehead atoms. The maximum Gasteiger partial charge on any atom is 0.220 e. The zero-order valence-electron chi connectivity index (χ0n) is 10.5. The Hall–Kier alpha value is -0.840. The van der Waals surface area contributed by atoms with Crippen molar-refractivity contribution in [3.63, 3.8) is 0 Å². The minimum Gasteiger partial charge on any atom is -0.355 e. The molecule has 6 heteroatoms. The Kier molecular flexibility index (Phi) is 4.66. The third kappa shape index (κ3) is 3.59. The molecular weight excluding hydrogens is 290 g/mol. The molecule has 0 aromatic heterocycles. The van der Waals surface area contributed by atoms with Crippen molar-refractivity contribution >= 4 is 29.1 Å². The minimum atomic E-state index is -0.480. The molecule has 1 aromatic rings. The van der Waals surface area contributed by atoms with Crippen LogP contribution in [0, 0.1) is 5.82 Å². The van der Waals surface area contributed by atoms with Crippen LogP contribution in [0.5, 0.6) is 0 Å². The van der Waals surface area contributed by atoms with E-state index >= 15 is 0 Å². The largest absolute Gasteiger partial charge is 0.355 e. The average Bonchev–Trinajstić information content (AvgIpc) is 2.36. The Morgan fingerprint density at radius 1 is 1.42 bits per heavy atom. The number of hydrogen-bond donors (Lipinski definition) is 2. The van der Waals surface area contributed by atoms with Gasteiger partial charge in [0.25, 0.3) is 0 Å². The van der Waals surface area contributed by atoms with Gasteiger partial charge in [-0.05, 0) is 31.0 Å². The molecule has 1 saturated heterocycles. The monoisotopic (exact) mass is 304 g/mol. The van der Waals surface area contributed by atoms with Gasteiger partial charge in [0.1, 0.15) is 5.82 Å². The van der Waals surface area contributed by atoms with E-state index in [1.165, 1.54) is 12.1 Å². The molecule has 19 heavy (non-hydrogen) atoms. The summed E-state index contributed by atoms with van der Waals surface area (Å²) in [6.45, 7) is 2.49. The van der Waals surface area contributed by atoms with Gasteiger partial charge < -0.3 is 10.6 Å². The number of halogens is 3. The van der Waals surface area contributed by atoms with Crippen molar-refractivity contribution in [2.24, 2.45) is 0 Å². The van der Waals surface area contributed by atoms with Crippen LogP contribution in [0.1, 0.15) is 31.4 Å². The summed E-state index contributed by atoms with van der Waals surface area (Å²) in [4.78, 5) is 11.1. The molecule has 3 nitrogen and oxygen atoms in total. The highest BCUT2D eigenvalue weighted by atomic mass is 35.5. The molecule has 0 saturated carbocycles. The number of benzene rings is 1. The fraction of sp³-hybridized carbons (Fsp3) is 0.462. The average molecular weight is 305 g/mol. The van der Waals surface area contributed by atoms with Gasteiger partial charge in [-0.1, -0.05) is 23.2 Å². The van der Waals surface area contributed by atoms with Gasteiger partial charge >= 0.3 is 0 Å². The number of piperidine rings is 1. The highest BCUT2D eigenvalue weighted by Crippen LogP contribution is 2.29. The quantitative estimate of drug-likeness (QED) is 0.843. The van der Waals surface area contributed by atoms with Crippen LogP contribution in [-0.2, 0) is 4.79 Å². The third-order valence-electron chi connectivity index (χ3n) is 3.26. The molecule has 2 N–H and O–H groups in total. The van der Waals surface area contributed by atoms with Gasteiger partial charge in [-0.2, -0.15) is 0 Å². The fourth-order valence-corrected chi connectivity index (χ4v) is 2.74. The lowest BCUT2D eigenvalue weighted by Gasteiger charge is -2.27. The number of carbonyl (C=O) groups excluding carboxylic acids is 1. The molecule has 2 unspecified atom stereocenters. The molecule has 0 spiro atoms. The first-order chi connectivity index (χ1) is 8.97. The first-order valence-corrected chi connectivity index (χ1v) is 6.90. The molecule has 2 rings (SSSR count). The predicted molar refractivity (Wildman–Crippen MR) is 74.0 cm³/mol. The van der Waals surface area contributed by atoms with E-state index in [9.17, 15) is 9.18 Å². The molecule has 1 aliphatic rings. The van der Waals surface area contributed by atoms with E-state index in [-0.39, 0.29) is 23.0 Å². The normalized spacial score (nSPS) is 21.1. The number of rotatable bonds is 3. The van der Waals surface area contributed by atoms with Gasteiger partial charge in [0, 0.05) is 30.1 Å². The smallest absolute Gasteiger partial charge is 0.220 e. The highest BCUT2D eigenvalue weighted by Gasteiger charge is 2.21. The summed E-state index contributed by atoms with van der Waals surface area (Å²) in [5.74, 6) is -0.409. The van der Waals surface area contributed by atoms with Gasteiger partial charge in [0.15, 0.2) is 0 Å². The van der Waals surface area contributed by atoms with E-state index < -0.39 is 5.82 Å². The van der Waals surface area contributed by atoms with Gasteiger partial charge in [-0.15, -0.1) is 0 Å². The molecule has 1 aliphatic heterocycles. The number of carbonyl (C=O) groups is 1. The lowest BCUT2D eigenvalue weighted by atomic mass is 10.0. The lowest BCUT2D eigenvalue weighted by Crippen LogP contribution is -2.46. The van der Waals surface area contributed by atoms with Crippen molar-refractivity contribution < 1.29 is 9.18 Å². The maximum absolute atomic E-state index is 13.5. The van der Waals surface area contributed by atoms with Gasteiger partial charge in [-0.3, -0.25) is 4.79 Å². The van der Waals surface area contributed by atoms with Crippen LogP contribution in [0.2, 0.25) is 10.0 Å². The molecule has 0 aliphatic carbocycles. The van der Waals surface area contributed by atoms with Crippen LogP contribution in [0.15, 0.2) is 12.1 Å². The lowest BCUT2D eigenvalue weighted by molar-refractivity contribution is -0.122. The molecule has 1 amide bonds. The van der Waals surface area contributed by atoms with E-state index in [0.717, 1.165) is 6.42 Å². The second-order valence-corrected chi connectivity index (χ2v) is 5.53. The van der Waals surface area contributed by atoms with Crippen molar-refractivity contribution in [2.75, 3.05) is 6.54 Å². The topological polar surface area (TPSA) is 41.1 Å². The predicted octanol–water partition coefficient (Wildman–Crippen LogP) is 3.06. The molecule has 1 aromatic carbocycles. The van der Waals surface area contributed by atoms with E-state index in [1.54, 1.807) is 0 Å². The Morgan fingerprint density at radius 2 is 2.16 bits per heavy atom. The zero-order valence-corrected chi connectivity index (χ0v) is 12.0. The van der Waals surface area contributed by atoms with Crippen LogP contribution in [0.25, 0.3) is 0 Å². The Labute approximate surface area is 121 Å². The second kappa shape index (κ2) is 6.07. The SMILES string of the molecule is CC(NC1CCC(=O)NC1)c1cc(F)c(Cl)cc1Cl. The summed E-state index contributed by atoms with van der Waals surface area (Å²) >= 11 is 11.7. The van der Waals surface area contributed by atoms with Crippen molar-refractivity contribution in [3.8, 4) is 0 Å². The van der Waals surface area contributed by atoms with Crippen LogP contribution < -0.4 is 10.6 Å². The summed E-state index contributed by atoms with van der Waals surface area (Å²) in [5.41, 5.74) is 0.667. The molecule has 2 atom stereocenters. The highest BCUT2D eigenvalue weighted by molar-refractivity contribution is 6.35. The number of amides is 1. The van der Waals surface area contributed by atoms with E-state index in [1.807, 2.05) is 6.92 Å². The molecule has 104 valence electrons. The summed E-state index contributed by atoms with van der Waals surface area (Å²) in [7, 11) is 0. The van der Waals surface area contributed by atoms with Crippen molar-refractivity contribution in [2.45, 2.75) is 31.8 Å². The first-order valence-electron chi connectivity index (χ1n) is 6.14. The van der Waals surface area contributed by atoms with Gasteiger partial charge in [0.05, 0.1) is 5.02 Å². The maximum atomic E-state index is 13.5. The van der Waals surface area contributed by atoms with Crippen molar-refractivity contribution in [1.82, 2.24) is 10.6 Å². The second-order valence-electron chi connectivity index (χ2n) is 4.72. The Bertz CT molecular complexity index is 486. The number of hydrogen-bond acceptors (Lipinski definition) is 2. The minimum absolute atomic E-state index is 0.0193. The molecule has 1 fully saturated rings. The molecule has 0 radical (unpaired) electrons. The van der Waals surface area contributed by atoms with E-state index in [4.69, 9.17) is 23.2 Å². The summed E-state index contributed by atoms with van der Waals surface area (Å²) < 4.78 is 13.5. The van der Waals surface area contributed by atoms with E-state index in [2.05, 4.69) is 10.6 Å². The first kappa shape index (κ1) is 14.6. The van der Waals surface area contributed by atoms with Crippen LogP contribution in [0.3, 0.4) is 0 Å². The fourth-order valence-electron chi connectivity index (χ4n) is 2.19. The van der Waals surface area contributed by atoms with E-state index in [0.29, 0.717) is 23.6 Å². The van der Waals surface area contributed by atoms with Gasteiger partial charge in [0.2, 0.25) is 5.91 Å². The number of nitrogens with one attached hydrogen (secondary N) is 2. The zero-order chi connectivity index (χ0) is 14.0. The molecular formula is C13H15Cl2FN2O. The third-order valence-corrected chi connectivity index (χ3v) is 3.87. The van der Waals surface area contributed by atoms with Crippen LogP contribution >= 0.6 is 23.2 Å². The molecule has 1 heterocycles. The van der Waals surface area contributed by atoms with Crippen LogP contribution in [0.4, 0.5) is 4.39 Å². The van der Waals surface area contributed by atoms with Crippen molar-refractivity contribution in [3.05, 3.63) is 33.6 Å². The Morgan fingerprint density at radius 3 is 2.79 bits per heavy atom.